The number of benzene rings is 1. The molecule has 0 bridgehead atoms. The predicted molar refractivity (Wildman–Crippen MR) is 113 cm³/mol. The minimum atomic E-state index is -1.16. The number of carboxylic acid groups (broad SMARTS) is 1. The second-order valence-electron chi connectivity index (χ2n) is 8.34. The van der Waals surface area contributed by atoms with E-state index < -0.39 is 12.1 Å². The number of fused-ring (bicyclic) bond motifs is 1. The van der Waals surface area contributed by atoms with Crippen molar-refractivity contribution in [3.8, 4) is 6.07 Å². The Kier molecular flexibility index (Phi) is 5.80. The summed E-state index contributed by atoms with van der Waals surface area (Å²) in [5, 5.41) is 27.1. The number of rotatable bonds is 6. The average Bonchev–Trinajstić information content (AvgIpc) is 3.50. The molecule has 5 N–H and O–H groups in total. The van der Waals surface area contributed by atoms with Gasteiger partial charge in [0.2, 0.25) is 5.91 Å². The Morgan fingerprint density at radius 3 is 2.61 bits per heavy atom. The van der Waals surface area contributed by atoms with Gasteiger partial charge in [-0.2, -0.15) is 5.26 Å². The maximum absolute atomic E-state index is 12.9. The van der Waals surface area contributed by atoms with Crippen molar-refractivity contribution in [1.82, 2.24) is 15.6 Å². The molecular weight excluding hydrogens is 398 g/mol. The molecular formula is C22H25N5O4. The lowest BCUT2D eigenvalue weighted by Gasteiger charge is -2.31. The summed E-state index contributed by atoms with van der Waals surface area (Å²) in [5.74, 6) is -0.586. The van der Waals surface area contributed by atoms with Gasteiger partial charge in [-0.1, -0.05) is 18.9 Å². The molecule has 162 valence electrons. The summed E-state index contributed by atoms with van der Waals surface area (Å²) in [5.41, 5.74) is 1.39. The summed E-state index contributed by atoms with van der Waals surface area (Å²) in [4.78, 5) is 39.5. The van der Waals surface area contributed by atoms with E-state index in [9.17, 15) is 19.6 Å². The zero-order chi connectivity index (χ0) is 22.0. The molecule has 4 rings (SSSR count). The number of amides is 3. The topological polar surface area (TPSA) is 147 Å². The number of aromatic amines is 1. The van der Waals surface area contributed by atoms with Crippen molar-refractivity contribution in [3.05, 3.63) is 30.0 Å². The highest BCUT2D eigenvalue weighted by atomic mass is 16.4. The molecule has 3 atom stereocenters. The standard InChI is InChI=1S/C22H25N5O4/c23-11-19(12-5-6-12)27-20(28)15-3-1-2-4-16(15)26-21(29)18-9-13-7-8-14(24-22(30)31)10-17(13)25-18/h7-10,12,15-16,19,24-25H,1-6H2,(H,26,29)(H,27,28)(H,30,31)/t15-,16+,19?/m1/s1. The van der Waals surface area contributed by atoms with Crippen LogP contribution in [0.4, 0.5) is 10.5 Å². The monoisotopic (exact) mass is 423 g/mol. The van der Waals surface area contributed by atoms with Crippen LogP contribution in [-0.2, 0) is 4.79 Å². The smallest absolute Gasteiger partial charge is 0.409 e. The van der Waals surface area contributed by atoms with Crippen LogP contribution in [0.2, 0.25) is 0 Å². The lowest BCUT2D eigenvalue weighted by molar-refractivity contribution is -0.127. The zero-order valence-corrected chi connectivity index (χ0v) is 17.0. The van der Waals surface area contributed by atoms with E-state index in [1.54, 1.807) is 24.3 Å². The molecule has 1 heterocycles. The first-order chi connectivity index (χ1) is 14.9. The van der Waals surface area contributed by atoms with Crippen molar-refractivity contribution >= 4 is 34.5 Å². The molecule has 3 amide bonds. The second-order valence-corrected chi connectivity index (χ2v) is 8.34. The van der Waals surface area contributed by atoms with Gasteiger partial charge in [-0.25, -0.2) is 4.79 Å². The van der Waals surface area contributed by atoms with Gasteiger partial charge in [0, 0.05) is 22.6 Å². The molecule has 9 nitrogen and oxygen atoms in total. The van der Waals surface area contributed by atoms with Gasteiger partial charge in [0.05, 0.1) is 12.0 Å². The van der Waals surface area contributed by atoms with Gasteiger partial charge in [0.15, 0.2) is 0 Å². The van der Waals surface area contributed by atoms with E-state index in [2.05, 4.69) is 27.0 Å². The molecule has 0 spiro atoms. The Bertz CT molecular complexity index is 1050. The quantitative estimate of drug-likeness (QED) is 0.485. The summed E-state index contributed by atoms with van der Waals surface area (Å²) in [7, 11) is 0. The first kappa shape index (κ1) is 20.7. The molecule has 0 aliphatic heterocycles. The van der Waals surface area contributed by atoms with Gasteiger partial charge < -0.3 is 20.7 Å². The molecule has 2 aliphatic carbocycles. The number of nitrogens with one attached hydrogen (secondary N) is 4. The molecule has 1 aromatic carbocycles. The number of carbonyl (C=O) groups excluding carboxylic acids is 2. The van der Waals surface area contributed by atoms with Crippen LogP contribution < -0.4 is 16.0 Å². The Morgan fingerprint density at radius 2 is 1.90 bits per heavy atom. The third-order valence-electron chi connectivity index (χ3n) is 6.07. The molecule has 31 heavy (non-hydrogen) atoms. The highest BCUT2D eigenvalue weighted by molar-refractivity contribution is 5.99. The van der Waals surface area contributed by atoms with Gasteiger partial charge in [-0.05, 0) is 49.8 Å². The van der Waals surface area contributed by atoms with Gasteiger partial charge in [0.25, 0.3) is 5.91 Å². The van der Waals surface area contributed by atoms with E-state index in [1.165, 1.54) is 0 Å². The summed E-state index contributed by atoms with van der Waals surface area (Å²) in [6, 6.07) is 8.11. The molecule has 2 saturated carbocycles. The summed E-state index contributed by atoms with van der Waals surface area (Å²) in [6.07, 6.45) is 3.99. The Labute approximate surface area is 179 Å². The van der Waals surface area contributed by atoms with Crippen molar-refractivity contribution in [2.75, 3.05) is 5.32 Å². The Balaban J connectivity index is 1.45. The Hall–Kier alpha value is -3.54. The van der Waals surface area contributed by atoms with Crippen molar-refractivity contribution in [2.24, 2.45) is 11.8 Å². The fraction of sp³-hybridized carbons (Fsp3) is 0.455. The number of aromatic nitrogens is 1. The fourth-order valence-electron chi connectivity index (χ4n) is 4.26. The summed E-state index contributed by atoms with van der Waals surface area (Å²) < 4.78 is 0. The van der Waals surface area contributed by atoms with E-state index in [0.717, 1.165) is 31.1 Å². The van der Waals surface area contributed by atoms with Crippen LogP contribution in [0, 0.1) is 23.2 Å². The van der Waals surface area contributed by atoms with Crippen LogP contribution in [0.3, 0.4) is 0 Å². The van der Waals surface area contributed by atoms with Crippen LogP contribution in [0.5, 0.6) is 0 Å². The van der Waals surface area contributed by atoms with Crippen LogP contribution in [0.1, 0.15) is 49.0 Å². The third-order valence-corrected chi connectivity index (χ3v) is 6.07. The molecule has 9 heteroatoms. The van der Waals surface area contributed by atoms with Crippen LogP contribution >= 0.6 is 0 Å². The Morgan fingerprint density at radius 1 is 1.13 bits per heavy atom. The molecule has 1 unspecified atom stereocenters. The van der Waals surface area contributed by atoms with Crippen LogP contribution in [0.25, 0.3) is 10.9 Å². The first-order valence-corrected chi connectivity index (χ1v) is 10.6. The molecule has 2 aliphatic rings. The van der Waals surface area contributed by atoms with E-state index in [4.69, 9.17) is 5.11 Å². The van der Waals surface area contributed by atoms with Crippen molar-refractivity contribution < 1.29 is 19.5 Å². The van der Waals surface area contributed by atoms with E-state index in [0.29, 0.717) is 29.7 Å². The van der Waals surface area contributed by atoms with Gasteiger partial charge in [-0.15, -0.1) is 0 Å². The lowest BCUT2D eigenvalue weighted by Crippen LogP contribution is -2.50. The normalized spacial score (nSPS) is 21.6. The minimum Gasteiger partial charge on any atom is -0.465 e. The maximum atomic E-state index is 12.9. The fourth-order valence-corrected chi connectivity index (χ4v) is 4.26. The summed E-state index contributed by atoms with van der Waals surface area (Å²) in [6.45, 7) is 0. The molecule has 1 aromatic heterocycles. The van der Waals surface area contributed by atoms with Gasteiger partial charge >= 0.3 is 6.09 Å². The second kappa shape index (κ2) is 8.68. The number of H-pyrrole nitrogens is 1. The van der Waals surface area contributed by atoms with E-state index >= 15 is 0 Å². The number of hydrogen-bond acceptors (Lipinski definition) is 4. The average molecular weight is 423 g/mol. The number of anilines is 1. The van der Waals surface area contributed by atoms with Crippen LogP contribution in [-0.4, -0.2) is 40.1 Å². The van der Waals surface area contributed by atoms with Crippen molar-refractivity contribution in [1.29, 1.82) is 5.26 Å². The molecule has 2 aromatic rings. The highest BCUT2D eigenvalue weighted by Gasteiger charge is 2.37. The van der Waals surface area contributed by atoms with E-state index in [1.807, 2.05) is 0 Å². The molecule has 2 fully saturated rings. The van der Waals surface area contributed by atoms with E-state index in [-0.39, 0.29) is 29.7 Å². The SMILES string of the molecule is N#CC(NC(=O)[C@@H]1CCCC[C@@H]1NC(=O)c1cc2ccc(NC(=O)O)cc2[nH]1)C1CC1. The predicted octanol–water partition coefficient (Wildman–Crippen LogP) is 2.96. The highest BCUT2D eigenvalue weighted by Crippen LogP contribution is 2.33. The summed E-state index contributed by atoms with van der Waals surface area (Å²) >= 11 is 0. The number of nitrogens with zero attached hydrogens (tertiary/aromatic N) is 1. The van der Waals surface area contributed by atoms with Crippen molar-refractivity contribution in [3.63, 3.8) is 0 Å². The van der Waals surface area contributed by atoms with Gasteiger partial charge in [0.1, 0.15) is 11.7 Å². The first-order valence-electron chi connectivity index (χ1n) is 10.6. The largest absolute Gasteiger partial charge is 0.465 e. The number of carbonyl (C=O) groups is 3. The molecule has 0 radical (unpaired) electrons. The zero-order valence-electron chi connectivity index (χ0n) is 17.0. The number of hydrogen-bond donors (Lipinski definition) is 5. The minimum absolute atomic E-state index is 0.163. The van der Waals surface area contributed by atoms with Crippen LogP contribution in [0.15, 0.2) is 24.3 Å². The maximum Gasteiger partial charge on any atom is 0.409 e. The molecule has 0 saturated heterocycles. The van der Waals surface area contributed by atoms with Crippen molar-refractivity contribution in [2.45, 2.75) is 50.6 Å². The van der Waals surface area contributed by atoms with Gasteiger partial charge in [-0.3, -0.25) is 14.9 Å². The third kappa shape index (κ3) is 4.79. The number of nitriles is 1. The lowest BCUT2D eigenvalue weighted by atomic mass is 9.83.